The third kappa shape index (κ3) is 4.54. The Balaban J connectivity index is 1.46. The second-order valence-electron chi connectivity index (χ2n) is 7.41. The molecule has 148 valence electrons. The van der Waals surface area contributed by atoms with Crippen molar-refractivity contribution in [3.05, 3.63) is 82.3 Å². The summed E-state index contributed by atoms with van der Waals surface area (Å²) in [6.07, 6.45) is 2.04. The van der Waals surface area contributed by atoms with Gasteiger partial charge in [0.05, 0.1) is 17.6 Å². The summed E-state index contributed by atoms with van der Waals surface area (Å²) in [5.41, 5.74) is 5.82. The maximum Gasteiger partial charge on any atom is 0.141 e. The molecule has 29 heavy (non-hydrogen) atoms. The summed E-state index contributed by atoms with van der Waals surface area (Å²) in [6.45, 7) is 5.85. The van der Waals surface area contributed by atoms with Gasteiger partial charge in [0, 0.05) is 16.6 Å². The van der Waals surface area contributed by atoms with Gasteiger partial charge in [-0.25, -0.2) is 4.98 Å². The van der Waals surface area contributed by atoms with Gasteiger partial charge in [-0.2, -0.15) is 0 Å². The van der Waals surface area contributed by atoms with E-state index in [0.29, 0.717) is 0 Å². The number of para-hydroxylation sites is 2. The smallest absolute Gasteiger partial charge is 0.141 e. The molecule has 0 aliphatic heterocycles. The van der Waals surface area contributed by atoms with Crippen LogP contribution in [0.1, 0.15) is 24.0 Å². The first-order chi connectivity index (χ1) is 14.1. The van der Waals surface area contributed by atoms with Crippen LogP contribution >= 0.6 is 15.9 Å². The minimum atomic E-state index is 0.726. The van der Waals surface area contributed by atoms with Crippen molar-refractivity contribution in [3.8, 4) is 17.1 Å². The summed E-state index contributed by atoms with van der Waals surface area (Å²) in [7, 11) is 0. The van der Waals surface area contributed by atoms with Crippen LogP contribution in [0.5, 0.6) is 5.75 Å². The van der Waals surface area contributed by atoms with Crippen LogP contribution in [0, 0.1) is 13.8 Å². The number of imidazole rings is 1. The number of rotatable bonds is 7. The van der Waals surface area contributed by atoms with Crippen molar-refractivity contribution < 1.29 is 4.74 Å². The largest absolute Gasteiger partial charge is 0.493 e. The average Bonchev–Trinajstić information content (AvgIpc) is 3.08. The lowest BCUT2D eigenvalue weighted by Gasteiger charge is -2.12. The predicted molar refractivity (Wildman–Crippen MR) is 124 cm³/mol. The molecule has 0 aliphatic rings. The molecular formula is C25H25BrN2O. The topological polar surface area (TPSA) is 27.1 Å². The molecule has 3 aromatic carbocycles. The highest BCUT2D eigenvalue weighted by molar-refractivity contribution is 9.10. The second-order valence-corrected chi connectivity index (χ2v) is 8.32. The van der Waals surface area contributed by atoms with E-state index in [-0.39, 0.29) is 0 Å². The highest BCUT2D eigenvalue weighted by Crippen LogP contribution is 2.26. The highest BCUT2D eigenvalue weighted by atomic mass is 79.9. The molecule has 0 spiro atoms. The molecule has 0 amide bonds. The molecule has 4 aromatic rings. The van der Waals surface area contributed by atoms with Crippen molar-refractivity contribution in [2.75, 3.05) is 6.61 Å². The molecule has 0 unspecified atom stereocenters. The number of nitrogens with zero attached hydrogens (tertiary/aromatic N) is 2. The first-order valence-corrected chi connectivity index (χ1v) is 10.8. The first kappa shape index (κ1) is 19.7. The number of halogens is 1. The van der Waals surface area contributed by atoms with Gasteiger partial charge < -0.3 is 9.30 Å². The van der Waals surface area contributed by atoms with E-state index < -0.39 is 0 Å². The van der Waals surface area contributed by atoms with Crippen LogP contribution in [0.25, 0.3) is 22.4 Å². The van der Waals surface area contributed by atoms with E-state index in [9.17, 15) is 0 Å². The molecule has 4 rings (SSSR count). The van der Waals surface area contributed by atoms with Gasteiger partial charge in [-0.3, -0.25) is 0 Å². The molecule has 0 bridgehead atoms. The maximum atomic E-state index is 6.00. The summed E-state index contributed by atoms with van der Waals surface area (Å²) in [5, 5.41) is 0. The number of aromatic nitrogens is 2. The molecule has 0 radical (unpaired) electrons. The van der Waals surface area contributed by atoms with Gasteiger partial charge >= 0.3 is 0 Å². The van der Waals surface area contributed by atoms with Crippen LogP contribution in [0.2, 0.25) is 0 Å². The number of aryl methyl sites for hydroxylation is 3. The molecule has 0 atom stereocenters. The van der Waals surface area contributed by atoms with Crippen molar-refractivity contribution in [2.24, 2.45) is 0 Å². The molecule has 0 saturated heterocycles. The molecule has 1 heterocycles. The van der Waals surface area contributed by atoms with E-state index in [0.717, 1.165) is 53.1 Å². The van der Waals surface area contributed by atoms with Crippen LogP contribution in [0.4, 0.5) is 0 Å². The number of hydrogen-bond acceptors (Lipinski definition) is 2. The first-order valence-electron chi connectivity index (χ1n) is 10.0. The van der Waals surface area contributed by atoms with Crippen LogP contribution < -0.4 is 4.74 Å². The predicted octanol–water partition coefficient (Wildman–Crippen LogP) is 6.94. The summed E-state index contributed by atoms with van der Waals surface area (Å²) in [5.74, 6) is 2.01. The van der Waals surface area contributed by atoms with Crippen molar-refractivity contribution in [1.29, 1.82) is 0 Å². The molecule has 0 saturated carbocycles. The standard InChI is InChI=1S/C25H25BrN2O/c1-18-9-14-24(19(2)17-18)29-16-6-5-15-28-23-8-4-3-7-22(23)27-25(28)20-10-12-21(26)13-11-20/h3-4,7-14,17H,5-6,15-16H2,1-2H3. The fourth-order valence-corrected chi connectivity index (χ4v) is 3.90. The van der Waals surface area contributed by atoms with E-state index in [2.05, 4.69) is 95.0 Å². The van der Waals surface area contributed by atoms with E-state index >= 15 is 0 Å². The van der Waals surface area contributed by atoms with E-state index in [1.165, 1.54) is 16.6 Å². The van der Waals surface area contributed by atoms with E-state index in [4.69, 9.17) is 9.72 Å². The Morgan fingerprint density at radius 1 is 0.931 bits per heavy atom. The SMILES string of the molecule is Cc1ccc(OCCCCn2c(-c3ccc(Br)cc3)nc3ccccc32)c(C)c1. The van der Waals surface area contributed by atoms with Crippen LogP contribution in [-0.2, 0) is 6.54 Å². The summed E-state index contributed by atoms with van der Waals surface area (Å²) < 4.78 is 9.40. The molecule has 0 aliphatic carbocycles. The number of ether oxygens (including phenoxy) is 1. The Morgan fingerprint density at radius 2 is 1.72 bits per heavy atom. The highest BCUT2D eigenvalue weighted by Gasteiger charge is 2.12. The molecule has 1 aromatic heterocycles. The van der Waals surface area contributed by atoms with Crippen molar-refractivity contribution in [3.63, 3.8) is 0 Å². The minimum absolute atomic E-state index is 0.726. The number of hydrogen-bond donors (Lipinski definition) is 0. The Kier molecular flexibility index (Phi) is 6.00. The third-order valence-corrected chi connectivity index (χ3v) is 5.65. The molecular weight excluding hydrogens is 424 g/mol. The quantitative estimate of drug-likeness (QED) is 0.286. The van der Waals surface area contributed by atoms with Crippen molar-refractivity contribution in [1.82, 2.24) is 9.55 Å². The molecule has 3 nitrogen and oxygen atoms in total. The Labute approximate surface area is 180 Å². The van der Waals surface area contributed by atoms with Gasteiger partial charge in [-0.05, 0) is 62.6 Å². The van der Waals surface area contributed by atoms with E-state index in [1.54, 1.807) is 0 Å². The molecule has 4 heteroatoms. The molecule has 0 N–H and O–H groups in total. The Morgan fingerprint density at radius 3 is 2.52 bits per heavy atom. The number of fused-ring (bicyclic) bond motifs is 1. The fourth-order valence-electron chi connectivity index (χ4n) is 3.64. The van der Waals surface area contributed by atoms with Gasteiger partial charge in [0.25, 0.3) is 0 Å². The number of benzene rings is 3. The number of unbranched alkanes of at least 4 members (excludes halogenated alkanes) is 1. The fraction of sp³-hybridized carbons (Fsp3) is 0.240. The zero-order valence-corrected chi connectivity index (χ0v) is 18.4. The van der Waals surface area contributed by atoms with Gasteiger partial charge in [0.1, 0.15) is 11.6 Å². The lowest BCUT2D eigenvalue weighted by molar-refractivity contribution is 0.301. The van der Waals surface area contributed by atoms with Gasteiger partial charge in [-0.15, -0.1) is 0 Å². The lowest BCUT2D eigenvalue weighted by atomic mass is 10.1. The van der Waals surface area contributed by atoms with Gasteiger partial charge in [0.2, 0.25) is 0 Å². The van der Waals surface area contributed by atoms with E-state index in [1.807, 2.05) is 6.07 Å². The van der Waals surface area contributed by atoms with Crippen molar-refractivity contribution >= 4 is 27.0 Å². The Hall–Kier alpha value is -2.59. The normalized spacial score (nSPS) is 11.1. The summed E-state index contributed by atoms with van der Waals surface area (Å²) in [6, 6.07) is 23.1. The second kappa shape index (κ2) is 8.83. The maximum absolute atomic E-state index is 6.00. The third-order valence-electron chi connectivity index (χ3n) is 5.12. The average molecular weight is 449 g/mol. The molecule has 0 fully saturated rings. The monoisotopic (exact) mass is 448 g/mol. The zero-order chi connectivity index (χ0) is 20.2. The van der Waals surface area contributed by atoms with Gasteiger partial charge in [0.15, 0.2) is 0 Å². The van der Waals surface area contributed by atoms with Crippen LogP contribution in [-0.4, -0.2) is 16.2 Å². The van der Waals surface area contributed by atoms with Gasteiger partial charge in [-0.1, -0.05) is 57.9 Å². The zero-order valence-electron chi connectivity index (χ0n) is 16.9. The van der Waals surface area contributed by atoms with Crippen LogP contribution in [0.3, 0.4) is 0 Å². The van der Waals surface area contributed by atoms with Crippen molar-refractivity contribution in [2.45, 2.75) is 33.2 Å². The summed E-state index contributed by atoms with van der Waals surface area (Å²) >= 11 is 3.52. The lowest BCUT2D eigenvalue weighted by Crippen LogP contribution is -2.04. The Bertz CT molecular complexity index is 1120. The summed E-state index contributed by atoms with van der Waals surface area (Å²) in [4.78, 5) is 4.90. The van der Waals surface area contributed by atoms with Crippen LogP contribution in [0.15, 0.2) is 71.2 Å². The minimum Gasteiger partial charge on any atom is -0.493 e.